The Morgan fingerprint density at radius 1 is 0.619 bits per heavy atom. The molecular weight excluding hydrogens is 254 g/mol. The van der Waals surface area contributed by atoms with E-state index in [9.17, 15) is 0 Å². The lowest BCUT2D eigenvalue weighted by Gasteiger charge is -2.17. The van der Waals surface area contributed by atoms with Gasteiger partial charge in [-0.3, -0.25) is 0 Å². The summed E-state index contributed by atoms with van der Waals surface area (Å²) in [5, 5.41) is 3.57. The molecule has 21 heavy (non-hydrogen) atoms. The Hall–Kier alpha value is -0.0400. The lowest BCUT2D eigenvalue weighted by molar-refractivity contribution is 0.435. The predicted molar refractivity (Wildman–Crippen MR) is 97.5 cm³/mol. The summed E-state index contributed by atoms with van der Waals surface area (Å²) in [6.45, 7) is 8.85. The van der Waals surface area contributed by atoms with Crippen LogP contribution in [0.15, 0.2) is 0 Å². The zero-order chi connectivity index (χ0) is 15.6. The molecule has 0 saturated carbocycles. The summed E-state index contributed by atoms with van der Waals surface area (Å²) in [5.74, 6) is 0. The van der Waals surface area contributed by atoms with Crippen LogP contribution in [0.3, 0.4) is 0 Å². The normalized spacial score (nSPS) is 12.7. The molecule has 0 aromatic heterocycles. The van der Waals surface area contributed by atoms with Gasteiger partial charge in [0, 0.05) is 12.6 Å². The van der Waals surface area contributed by atoms with Crippen LogP contribution in [0.25, 0.3) is 0 Å². The largest absolute Gasteiger partial charge is 0.310 e. The van der Waals surface area contributed by atoms with E-state index in [4.69, 9.17) is 0 Å². The van der Waals surface area contributed by atoms with Gasteiger partial charge in [0.2, 0.25) is 0 Å². The second kappa shape index (κ2) is 18.0. The molecule has 0 saturated heterocycles. The van der Waals surface area contributed by atoms with E-state index in [0.717, 1.165) is 6.04 Å². The maximum atomic E-state index is 3.57. The average molecular weight is 297 g/mol. The van der Waals surface area contributed by atoms with Crippen LogP contribution in [0.1, 0.15) is 117 Å². The lowest BCUT2D eigenvalue weighted by atomic mass is 10.00. The highest BCUT2D eigenvalue weighted by Gasteiger charge is 2.06. The first-order valence-electron chi connectivity index (χ1n) is 9.89. The van der Waals surface area contributed by atoms with Gasteiger partial charge in [0.25, 0.3) is 0 Å². The fourth-order valence-electron chi connectivity index (χ4n) is 3.07. The van der Waals surface area contributed by atoms with Gasteiger partial charge in [-0.05, 0) is 19.8 Å². The van der Waals surface area contributed by atoms with Gasteiger partial charge in [0.15, 0.2) is 0 Å². The molecular formula is C20H42N. The molecule has 0 heterocycles. The number of hydrogen-bond acceptors (Lipinski definition) is 1. The van der Waals surface area contributed by atoms with E-state index in [2.05, 4.69) is 32.6 Å². The first kappa shape index (κ1) is 21.0. The van der Waals surface area contributed by atoms with Crippen LogP contribution < -0.4 is 5.32 Å². The first-order valence-corrected chi connectivity index (χ1v) is 9.89. The highest BCUT2D eigenvalue weighted by molar-refractivity contribution is 4.70. The Morgan fingerprint density at radius 3 is 1.38 bits per heavy atom. The molecule has 0 amide bonds. The van der Waals surface area contributed by atoms with E-state index < -0.39 is 0 Å². The van der Waals surface area contributed by atoms with Crippen molar-refractivity contribution in [2.24, 2.45) is 0 Å². The maximum absolute atomic E-state index is 3.57. The highest BCUT2D eigenvalue weighted by atomic mass is 14.9. The maximum Gasteiger partial charge on any atom is 0.0192 e. The molecule has 1 unspecified atom stereocenters. The Kier molecular flexibility index (Phi) is 18.0. The Bertz CT molecular complexity index is 179. The third kappa shape index (κ3) is 16.2. The van der Waals surface area contributed by atoms with E-state index in [-0.39, 0.29) is 0 Å². The summed E-state index contributed by atoms with van der Waals surface area (Å²) in [7, 11) is 0. The van der Waals surface area contributed by atoms with Crippen molar-refractivity contribution < 1.29 is 0 Å². The van der Waals surface area contributed by atoms with Gasteiger partial charge < -0.3 is 5.32 Å². The fourth-order valence-corrected chi connectivity index (χ4v) is 3.07. The third-order valence-corrected chi connectivity index (χ3v) is 4.46. The molecule has 1 atom stereocenters. The van der Waals surface area contributed by atoms with Crippen molar-refractivity contribution in [3.63, 3.8) is 0 Å². The van der Waals surface area contributed by atoms with E-state index in [1.807, 2.05) is 0 Å². The van der Waals surface area contributed by atoms with Gasteiger partial charge in [0.05, 0.1) is 0 Å². The average Bonchev–Trinajstić information content (AvgIpc) is 2.49. The zero-order valence-electron chi connectivity index (χ0n) is 15.3. The van der Waals surface area contributed by atoms with Gasteiger partial charge in [-0.15, -0.1) is 0 Å². The van der Waals surface area contributed by atoms with E-state index in [1.165, 1.54) is 96.3 Å². The van der Waals surface area contributed by atoms with Crippen molar-refractivity contribution >= 4 is 0 Å². The molecule has 1 heteroatoms. The van der Waals surface area contributed by atoms with Crippen molar-refractivity contribution in [1.82, 2.24) is 5.32 Å². The Balaban J connectivity index is 3.44. The number of unbranched alkanes of at least 4 members (excludes halogenated alkanes) is 11. The SMILES string of the molecule is C[CH]NC(CCCCCCCC)CCCCCCCCC. The molecule has 0 aliphatic carbocycles. The van der Waals surface area contributed by atoms with Crippen molar-refractivity contribution in [2.75, 3.05) is 0 Å². The topological polar surface area (TPSA) is 12.0 Å². The zero-order valence-corrected chi connectivity index (χ0v) is 15.3. The number of nitrogens with one attached hydrogen (secondary N) is 1. The van der Waals surface area contributed by atoms with E-state index >= 15 is 0 Å². The minimum atomic E-state index is 0.733. The fraction of sp³-hybridized carbons (Fsp3) is 0.950. The van der Waals surface area contributed by atoms with Crippen LogP contribution >= 0.6 is 0 Å². The van der Waals surface area contributed by atoms with Gasteiger partial charge in [-0.25, -0.2) is 0 Å². The second-order valence-corrected chi connectivity index (χ2v) is 6.62. The van der Waals surface area contributed by atoms with Crippen molar-refractivity contribution in [1.29, 1.82) is 0 Å². The van der Waals surface area contributed by atoms with Crippen LogP contribution in [0, 0.1) is 6.54 Å². The van der Waals surface area contributed by atoms with Crippen LogP contribution in [-0.2, 0) is 0 Å². The van der Waals surface area contributed by atoms with E-state index in [0.29, 0.717) is 0 Å². The monoisotopic (exact) mass is 296 g/mol. The van der Waals surface area contributed by atoms with Crippen molar-refractivity contribution in [3.05, 3.63) is 6.54 Å². The van der Waals surface area contributed by atoms with Crippen molar-refractivity contribution in [2.45, 2.75) is 123 Å². The molecule has 0 bridgehead atoms. The van der Waals surface area contributed by atoms with Gasteiger partial charge >= 0.3 is 0 Å². The standard InChI is InChI=1S/C20H42N/c1-4-7-9-11-13-15-17-19-20(21-6-3)18-16-14-12-10-8-5-2/h6,20-21H,4-5,7-19H2,1-3H3. The lowest BCUT2D eigenvalue weighted by Crippen LogP contribution is -2.25. The summed E-state index contributed by atoms with van der Waals surface area (Å²) in [5.41, 5.74) is 0. The molecule has 1 N–H and O–H groups in total. The van der Waals surface area contributed by atoms with Crippen LogP contribution in [0.4, 0.5) is 0 Å². The minimum absolute atomic E-state index is 0.733. The smallest absolute Gasteiger partial charge is 0.0192 e. The quantitative estimate of drug-likeness (QED) is 0.284. The predicted octanol–water partition coefficient (Wildman–Crippen LogP) is 7.02. The molecule has 0 aromatic carbocycles. The van der Waals surface area contributed by atoms with Crippen LogP contribution in [0.5, 0.6) is 0 Å². The molecule has 0 aliphatic heterocycles. The number of rotatable bonds is 17. The summed E-state index contributed by atoms with van der Waals surface area (Å²) in [4.78, 5) is 0. The molecule has 0 fully saturated rings. The van der Waals surface area contributed by atoms with Gasteiger partial charge in [-0.2, -0.15) is 0 Å². The first-order chi connectivity index (χ1) is 10.3. The van der Waals surface area contributed by atoms with Crippen molar-refractivity contribution in [3.8, 4) is 0 Å². The molecule has 127 valence electrons. The number of hydrogen-bond donors (Lipinski definition) is 1. The Labute approximate surface area is 135 Å². The second-order valence-electron chi connectivity index (χ2n) is 6.62. The molecule has 0 rings (SSSR count). The summed E-state index contributed by atoms with van der Waals surface area (Å²) in [6, 6.07) is 0.733. The van der Waals surface area contributed by atoms with Gasteiger partial charge in [0.1, 0.15) is 0 Å². The Morgan fingerprint density at radius 2 is 1.00 bits per heavy atom. The molecule has 0 aliphatic rings. The molecule has 1 radical (unpaired) electrons. The molecule has 0 spiro atoms. The minimum Gasteiger partial charge on any atom is -0.310 e. The van der Waals surface area contributed by atoms with Crippen LogP contribution in [-0.4, -0.2) is 6.04 Å². The summed E-state index contributed by atoms with van der Waals surface area (Å²) in [6.07, 6.45) is 21.2. The highest BCUT2D eigenvalue weighted by Crippen LogP contribution is 2.14. The molecule has 0 aromatic rings. The van der Waals surface area contributed by atoms with E-state index in [1.54, 1.807) is 0 Å². The van der Waals surface area contributed by atoms with Crippen LogP contribution in [0.2, 0.25) is 0 Å². The third-order valence-electron chi connectivity index (χ3n) is 4.46. The van der Waals surface area contributed by atoms with Gasteiger partial charge in [-0.1, -0.05) is 97.3 Å². The molecule has 1 nitrogen and oxygen atoms in total. The summed E-state index contributed by atoms with van der Waals surface area (Å²) >= 11 is 0. The summed E-state index contributed by atoms with van der Waals surface area (Å²) < 4.78 is 0.